The van der Waals surface area contributed by atoms with Gasteiger partial charge in [0, 0.05) is 52.8 Å². The molecular formula is C51H34N4OS. The van der Waals surface area contributed by atoms with Crippen molar-refractivity contribution in [3.05, 3.63) is 199 Å². The molecular weight excluding hydrogens is 717 g/mol. The van der Waals surface area contributed by atoms with E-state index in [4.69, 9.17) is 9.41 Å². The lowest BCUT2D eigenvalue weighted by Gasteiger charge is -2.32. The van der Waals surface area contributed by atoms with Gasteiger partial charge in [0.15, 0.2) is 5.58 Å². The van der Waals surface area contributed by atoms with Crippen LogP contribution in [0.3, 0.4) is 0 Å². The van der Waals surface area contributed by atoms with E-state index in [2.05, 4.69) is 191 Å². The van der Waals surface area contributed by atoms with E-state index in [-0.39, 0.29) is 12.3 Å². The lowest BCUT2D eigenvalue weighted by molar-refractivity contribution is 0.409. The molecule has 3 aromatic heterocycles. The predicted molar refractivity (Wildman–Crippen MR) is 238 cm³/mol. The number of nitrogens with one attached hydrogen (secondary N) is 2. The molecule has 5 nitrogen and oxygen atoms in total. The number of nitrogens with zero attached hydrogens (tertiary/aromatic N) is 2. The van der Waals surface area contributed by atoms with Gasteiger partial charge in [-0.3, -0.25) is 5.32 Å². The summed E-state index contributed by atoms with van der Waals surface area (Å²) in [5, 5.41) is 14.6. The number of hydrogen-bond acceptors (Lipinski definition) is 5. The zero-order valence-electron chi connectivity index (χ0n) is 30.7. The minimum absolute atomic E-state index is 0.0800. The van der Waals surface area contributed by atoms with E-state index in [9.17, 15) is 0 Å². The molecule has 2 atom stereocenters. The van der Waals surface area contributed by atoms with Crippen LogP contribution < -0.4 is 10.6 Å². The second-order valence-electron chi connectivity index (χ2n) is 14.8. The smallest absolute Gasteiger partial charge is 0.159 e. The van der Waals surface area contributed by atoms with Crippen LogP contribution in [0.15, 0.2) is 191 Å². The third-order valence-electron chi connectivity index (χ3n) is 11.5. The molecule has 11 aromatic rings. The Morgan fingerprint density at radius 2 is 1.12 bits per heavy atom. The SMILES string of the molecule is c1ccc(C2=NC(c3ccc4c(c3)sc3cc(-c5cccc6c5oc5c(-n7c8ccccc8c8ccccc87)cccc56)ccc34)NC(c3ccccc3)N2)cc1. The van der Waals surface area contributed by atoms with Gasteiger partial charge in [-0.15, -0.1) is 11.3 Å². The number of rotatable bonds is 5. The molecule has 1 aliphatic heterocycles. The lowest BCUT2D eigenvalue weighted by Crippen LogP contribution is -2.44. The fraction of sp³-hybridized carbons (Fsp3) is 0.0392. The molecule has 0 amide bonds. The fourth-order valence-corrected chi connectivity index (χ4v) is 10.0. The van der Waals surface area contributed by atoms with Crippen molar-refractivity contribution in [3.63, 3.8) is 0 Å². The molecule has 0 fully saturated rings. The van der Waals surface area contributed by atoms with Crippen molar-refractivity contribution in [1.82, 2.24) is 15.2 Å². The van der Waals surface area contributed by atoms with E-state index in [1.54, 1.807) is 0 Å². The van der Waals surface area contributed by atoms with Crippen molar-refractivity contribution in [1.29, 1.82) is 0 Å². The van der Waals surface area contributed by atoms with Gasteiger partial charge in [0.05, 0.1) is 16.7 Å². The van der Waals surface area contributed by atoms with Crippen molar-refractivity contribution in [2.45, 2.75) is 12.3 Å². The summed E-state index contributed by atoms with van der Waals surface area (Å²) in [7, 11) is 0. The highest BCUT2D eigenvalue weighted by Crippen LogP contribution is 2.43. The molecule has 2 N–H and O–H groups in total. The fourth-order valence-electron chi connectivity index (χ4n) is 8.81. The largest absolute Gasteiger partial charge is 0.453 e. The topological polar surface area (TPSA) is 54.5 Å². The highest BCUT2D eigenvalue weighted by atomic mass is 32.1. The molecule has 0 saturated heterocycles. The summed E-state index contributed by atoms with van der Waals surface area (Å²) < 4.78 is 11.8. The van der Waals surface area contributed by atoms with E-state index in [0.717, 1.165) is 55.7 Å². The van der Waals surface area contributed by atoms with Crippen LogP contribution in [0, 0.1) is 0 Å². The third kappa shape index (κ3) is 5.15. The van der Waals surface area contributed by atoms with Crippen LogP contribution >= 0.6 is 11.3 Å². The van der Waals surface area contributed by atoms with Gasteiger partial charge in [-0.25, -0.2) is 4.99 Å². The van der Waals surface area contributed by atoms with Gasteiger partial charge < -0.3 is 14.3 Å². The number of para-hydroxylation sites is 4. The summed E-state index contributed by atoms with van der Waals surface area (Å²) in [5.41, 5.74) is 10.8. The number of amidine groups is 1. The van der Waals surface area contributed by atoms with E-state index in [0.29, 0.717) is 0 Å². The average molecular weight is 751 g/mol. The van der Waals surface area contributed by atoms with E-state index in [1.165, 1.54) is 47.5 Å². The zero-order chi connectivity index (χ0) is 37.5. The molecule has 0 bridgehead atoms. The maximum atomic E-state index is 6.98. The highest BCUT2D eigenvalue weighted by molar-refractivity contribution is 7.25. The van der Waals surface area contributed by atoms with Crippen molar-refractivity contribution in [2.75, 3.05) is 0 Å². The molecule has 0 radical (unpaired) electrons. The van der Waals surface area contributed by atoms with Crippen LogP contribution in [-0.2, 0) is 0 Å². The predicted octanol–water partition coefficient (Wildman–Crippen LogP) is 13.1. The number of thiophene rings is 1. The van der Waals surface area contributed by atoms with Crippen LogP contribution in [0.5, 0.6) is 0 Å². The monoisotopic (exact) mass is 750 g/mol. The Hall–Kier alpha value is -6.99. The Bertz CT molecular complexity index is 3320. The van der Waals surface area contributed by atoms with Crippen molar-refractivity contribution in [2.24, 2.45) is 4.99 Å². The van der Waals surface area contributed by atoms with E-state index in [1.807, 2.05) is 17.4 Å². The summed E-state index contributed by atoms with van der Waals surface area (Å²) in [4.78, 5) is 5.20. The summed E-state index contributed by atoms with van der Waals surface area (Å²) in [6, 6.07) is 64.8. The van der Waals surface area contributed by atoms with Crippen LogP contribution in [0.2, 0.25) is 0 Å². The molecule has 12 rings (SSSR count). The normalized spacial score (nSPS) is 15.9. The van der Waals surface area contributed by atoms with Crippen molar-refractivity contribution < 1.29 is 4.42 Å². The number of benzene rings is 8. The first-order valence-electron chi connectivity index (χ1n) is 19.4. The summed E-state index contributed by atoms with van der Waals surface area (Å²) in [6.45, 7) is 0. The van der Waals surface area contributed by atoms with Crippen molar-refractivity contribution in [3.8, 4) is 16.8 Å². The molecule has 270 valence electrons. The zero-order valence-corrected chi connectivity index (χ0v) is 31.5. The first-order chi connectivity index (χ1) is 28.2. The van der Waals surface area contributed by atoms with Crippen molar-refractivity contribution >= 4 is 81.1 Å². The van der Waals surface area contributed by atoms with E-state index < -0.39 is 0 Å². The molecule has 6 heteroatoms. The number of hydrogen-bond donors (Lipinski definition) is 2. The van der Waals surface area contributed by atoms with E-state index >= 15 is 0 Å². The Morgan fingerprint density at radius 3 is 1.89 bits per heavy atom. The molecule has 0 aliphatic carbocycles. The standard InChI is InChI=1S/C51H34N4OS/c1-3-13-31(14-4-1)49-52-50(32-15-5-2-6-16-32)54-51(53-49)34-26-28-39-38-27-25-33(29-45(38)57-46(39)30-34)35-19-11-20-40-41-21-12-24-44(48(41)56-47(35)40)55-42-22-9-7-17-36(42)37-18-8-10-23-43(37)55/h1-30,49,51,53H,(H,52,54). The van der Waals surface area contributed by atoms with Gasteiger partial charge in [0.2, 0.25) is 0 Å². The Balaban J connectivity index is 0.956. The average Bonchev–Trinajstić information content (AvgIpc) is 3.96. The summed E-state index contributed by atoms with van der Waals surface area (Å²) in [5.74, 6) is 0.885. The maximum Gasteiger partial charge on any atom is 0.159 e. The quantitative estimate of drug-likeness (QED) is 0.184. The van der Waals surface area contributed by atoms with Crippen LogP contribution in [0.1, 0.15) is 29.0 Å². The first kappa shape index (κ1) is 32.3. The molecule has 8 aromatic carbocycles. The van der Waals surface area contributed by atoms with Gasteiger partial charge in [-0.05, 0) is 47.0 Å². The third-order valence-corrected chi connectivity index (χ3v) is 12.6. The van der Waals surface area contributed by atoms with Crippen LogP contribution in [0.4, 0.5) is 0 Å². The highest BCUT2D eigenvalue weighted by Gasteiger charge is 2.26. The van der Waals surface area contributed by atoms with Gasteiger partial charge in [0.25, 0.3) is 0 Å². The van der Waals surface area contributed by atoms with Gasteiger partial charge in [-0.1, -0.05) is 152 Å². The summed E-state index contributed by atoms with van der Waals surface area (Å²) >= 11 is 1.83. The molecule has 0 saturated carbocycles. The number of aromatic nitrogens is 1. The first-order valence-corrected chi connectivity index (χ1v) is 20.2. The van der Waals surface area contributed by atoms with Gasteiger partial charge in [0.1, 0.15) is 23.8 Å². The molecule has 0 spiro atoms. The minimum atomic E-state index is -0.213. The lowest BCUT2D eigenvalue weighted by atomic mass is 10.0. The molecule has 4 heterocycles. The van der Waals surface area contributed by atoms with Gasteiger partial charge in [-0.2, -0.15) is 0 Å². The number of furan rings is 1. The second kappa shape index (κ2) is 12.8. The molecule has 1 aliphatic rings. The van der Waals surface area contributed by atoms with Gasteiger partial charge >= 0.3 is 0 Å². The summed E-state index contributed by atoms with van der Waals surface area (Å²) in [6.07, 6.45) is -0.293. The Labute approximate surface area is 332 Å². The Morgan fingerprint density at radius 1 is 0.491 bits per heavy atom. The minimum Gasteiger partial charge on any atom is -0.453 e. The molecule has 57 heavy (non-hydrogen) atoms. The molecule has 2 unspecified atom stereocenters. The number of fused-ring (bicyclic) bond motifs is 9. The number of aliphatic imine (C=N–C) groups is 1. The van der Waals surface area contributed by atoms with Crippen LogP contribution in [0.25, 0.3) is 80.7 Å². The van der Waals surface area contributed by atoms with Crippen LogP contribution in [-0.4, -0.2) is 10.4 Å². The second-order valence-corrected chi connectivity index (χ2v) is 15.9. The maximum absolute atomic E-state index is 6.98. The Kier molecular flexibility index (Phi) is 7.24.